The van der Waals surface area contributed by atoms with Crippen molar-refractivity contribution >= 4 is 47.3 Å². The van der Waals surface area contributed by atoms with Gasteiger partial charge in [-0.05, 0) is 77.6 Å². The molecule has 8 aliphatic rings. The van der Waals surface area contributed by atoms with Crippen molar-refractivity contribution in [1.29, 1.82) is 0 Å². The fourth-order valence-corrected chi connectivity index (χ4v) is 17.2. The van der Waals surface area contributed by atoms with Crippen molar-refractivity contribution in [3.8, 4) is 23.0 Å². The maximum atomic E-state index is 13.9. The number of benzene rings is 4. The van der Waals surface area contributed by atoms with Gasteiger partial charge < -0.3 is 102 Å². The quantitative estimate of drug-likeness (QED) is 0.0485. The highest BCUT2D eigenvalue weighted by Crippen LogP contribution is 2.46. The van der Waals surface area contributed by atoms with Gasteiger partial charge in [-0.3, -0.25) is 57.5 Å². The van der Waals surface area contributed by atoms with Crippen LogP contribution in [0.5, 0.6) is 23.0 Å². The smallest absolute Gasteiger partial charge is 0.274 e. The third kappa shape index (κ3) is 15.4. The second kappa shape index (κ2) is 34.6. The first-order chi connectivity index (χ1) is 58.0. The maximum Gasteiger partial charge on any atom is 0.274 e. The van der Waals surface area contributed by atoms with Crippen LogP contribution in [0, 0.1) is 46.5 Å². The summed E-state index contributed by atoms with van der Waals surface area (Å²) in [4.78, 5) is 161. The number of hydrogen-bond donors (Lipinski definition) is 10. The maximum absolute atomic E-state index is 13.9. The van der Waals surface area contributed by atoms with Gasteiger partial charge >= 0.3 is 0 Å². The molecule has 4 aromatic heterocycles. The summed E-state index contributed by atoms with van der Waals surface area (Å²) >= 11 is 0. The molecule has 0 bridgehead atoms. The van der Waals surface area contributed by atoms with Gasteiger partial charge in [-0.2, -0.15) is 0 Å². The van der Waals surface area contributed by atoms with Crippen molar-refractivity contribution in [2.45, 2.75) is 128 Å². The number of likely N-dealkylation sites (N-methyl/N-ethyl adjacent to an activating group) is 4. The fraction of sp³-hybridized carbons (Fsp3) is 0.366. The van der Waals surface area contributed by atoms with Crippen LogP contribution >= 0.6 is 0 Å². The van der Waals surface area contributed by atoms with Gasteiger partial charge in [0.1, 0.15) is 68.8 Å². The summed E-state index contributed by atoms with van der Waals surface area (Å²) in [6, 6.07) is 8.30. The molecule has 16 rings (SSSR count). The molecule has 8 amide bonds. The molecule has 0 aliphatic carbocycles. The van der Waals surface area contributed by atoms with Crippen molar-refractivity contribution in [2.75, 3.05) is 66.6 Å². The summed E-state index contributed by atoms with van der Waals surface area (Å²) in [6.45, 7) is 9.40. The zero-order valence-electron chi connectivity index (χ0n) is 66.4. The van der Waals surface area contributed by atoms with Crippen molar-refractivity contribution in [2.24, 2.45) is 22.9 Å². The number of ether oxygens (including phenoxy) is 2. The molecular weight excluding hydrogens is 1620 g/mol. The van der Waals surface area contributed by atoms with Gasteiger partial charge in [-0.25, -0.2) is 35.1 Å². The topological polar surface area (TPSA) is 449 Å². The first-order valence-electron chi connectivity index (χ1n) is 38.9. The average Bonchev–Trinajstić information content (AvgIpc) is 1.55. The number of carbonyl (C=O) groups excluding carboxylic acids is 8. The van der Waals surface area contributed by atoms with Gasteiger partial charge in [0.25, 0.3) is 47.3 Å². The van der Waals surface area contributed by atoms with E-state index in [0.29, 0.717) is 102 Å². The van der Waals surface area contributed by atoms with Gasteiger partial charge in [-0.1, -0.05) is 24.3 Å². The van der Waals surface area contributed by atoms with Crippen LogP contribution in [0.2, 0.25) is 0 Å². The number of pyridine rings is 4. The summed E-state index contributed by atoms with van der Waals surface area (Å²) in [5, 5.41) is 30.8. The molecule has 12 heterocycles. The van der Waals surface area contributed by atoms with Crippen LogP contribution in [-0.2, 0) is 26.2 Å². The number of nitrogens with two attached hydrogens (primary N) is 4. The lowest BCUT2D eigenvalue weighted by atomic mass is 10.0. The Morgan fingerprint density at radius 1 is 0.361 bits per heavy atom. The summed E-state index contributed by atoms with van der Waals surface area (Å²) in [5.74, 6) is -13.3. The van der Waals surface area contributed by atoms with E-state index in [1.807, 2.05) is 13.8 Å². The van der Waals surface area contributed by atoms with Gasteiger partial charge in [0.15, 0.2) is 45.8 Å². The van der Waals surface area contributed by atoms with E-state index in [1.54, 1.807) is 32.8 Å². The Morgan fingerprint density at radius 2 is 0.574 bits per heavy atom. The Labute approximate surface area is 687 Å². The van der Waals surface area contributed by atoms with E-state index in [2.05, 4.69) is 21.3 Å². The zero-order chi connectivity index (χ0) is 88.4. The number of nitrogens with zero attached hydrogens (tertiary/aromatic N) is 8. The number of hydrogen-bond acceptors (Lipinski definition) is 20. The lowest BCUT2D eigenvalue weighted by molar-refractivity contribution is 0.0668. The Hall–Kier alpha value is -13.1. The number of methoxy groups -OCH3 is 2. The van der Waals surface area contributed by atoms with Crippen LogP contribution in [-0.4, -0.2) is 162 Å². The number of carbonyl (C=O) groups is 8. The van der Waals surface area contributed by atoms with E-state index >= 15 is 0 Å². The Balaban J connectivity index is 0.000000140. The molecule has 40 heteroatoms. The van der Waals surface area contributed by atoms with E-state index in [1.165, 1.54) is 57.4 Å². The van der Waals surface area contributed by atoms with E-state index in [0.717, 1.165) is 24.3 Å². The van der Waals surface area contributed by atoms with Crippen molar-refractivity contribution in [1.82, 2.24) is 59.1 Å². The van der Waals surface area contributed by atoms with Crippen LogP contribution in [0.4, 0.5) is 35.1 Å². The molecule has 0 radical (unpaired) electrons. The number of halogens is 8. The lowest BCUT2D eigenvalue weighted by Crippen LogP contribution is -2.45. The molecule has 32 nitrogen and oxygen atoms in total. The number of amides is 8. The summed E-state index contributed by atoms with van der Waals surface area (Å²) in [7, 11) is 2.52. The van der Waals surface area contributed by atoms with Crippen LogP contribution in [0.25, 0.3) is 0 Å². The molecule has 4 aromatic carbocycles. The van der Waals surface area contributed by atoms with Gasteiger partial charge in [0, 0.05) is 149 Å². The third-order valence-electron chi connectivity index (χ3n) is 23.0. The van der Waals surface area contributed by atoms with E-state index in [4.69, 9.17) is 32.4 Å². The molecule has 0 spiro atoms. The molecule has 644 valence electrons. The predicted molar refractivity (Wildman–Crippen MR) is 418 cm³/mol. The molecule has 0 saturated heterocycles. The highest BCUT2D eigenvalue weighted by molar-refractivity contribution is 6.04. The highest BCUT2D eigenvalue weighted by Gasteiger charge is 2.49. The zero-order valence-corrected chi connectivity index (χ0v) is 66.4. The van der Waals surface area contributed by atoms with Gasteiger partial charge in [0.05, 0.1) is 61.2 Å². The molecule has 8 aromatic rings. The van der Waals surface area contributed by atoms with Crippen molar-refractivity contribution < 1.29 is 93.2 Å². The Morgan fingerprint density at radius 3 is 0.787 bits per heavy atom. The molecule has 14 N–H and O–H groups in total. The second-order valence-electron chi connectivity index (χ2n) is 30.0. The van der Waals surface area contributed by atoms with Gasteiger partial charge in [-0.15, -0.1) is 0 Å². The number of aromatic nitrogens is 4. The van der Waals surface area contributed by atoms with Crippen LogP contribution in [0.3, 0.4) is 0 Å². The Kier molecular flexibility index (Phi) is 24.6. The lowest BCUT2D eigenvalue weighted by Gasteiger charge is -2.34. The number of rotatable bonds is 18. The molecule has 8 atom stereocenters. The third-order valence-corrected chi connectivity index (χ3v) is 23.0. The second-order valence-corrected chi connectivity index (χ2v) is 30.0. The Bertz CT molecular complexity index is 5620. The molecule has 0 fully saturated rings. The molecular formula is C82H84F8N16O16. The van der Waals surface area contributed by atoms with Crippen LogP contribution in [0.15, 0.2) is 92.0 Å². The highest BCUT2D eigenvalue weighted by atomic mass is 19.2. The molecule has 122 heavy (non-hydrogen) atoms. The summed E-state index contributed by atoms with van der Waals surface area (Å²) < 4.78 is 125. The minimum Gasteiger partial charge on any atom is -0.503 e. The monoisotopic (exact) mass is 1700 g/mol. The largest absolute Gasteiger partial charge is 0.503 e. The first kappa shape index (κ1) is 86.8. The molecule has 0 unspecified atom stereocenters. The van der Waals surface area contributed by atoms with Crippen molar-refractivity contribution in [3.05, 3.63) is 250 Å². The summed E-state index contributed by atoms with van der Waals surface area (Å²) in [6.07, 6.45) is 1.70. The predicted octanol–water partition coefficient (Wildman–Crippen LogP) is 5.34. The van der Waals surface area contributed by atoms with E-state index in [9.17, 15) is 103 Å². The SMILES string of the molecule is CCN1C[C@@H]2C[C@@H](N)c3c(C(=O)NCc4ccc(F)cc4F)c(=O)c(O)c(n32)C1=O.CCN1C[C@@H]2C[C@@H](N)c3c(C(=O)NCc4ccc(F)cc4F)c(=O)c(OC)c(n32)C1=O.CCN1C[C@@H]2C[C@H](N)c3c(C(=O)NCc4ccc(F)cc4F)c(=O)c(O)c(n32)C1=O.CCN1C[C@@H]2C[C@H](N)c3c(C(=O)NCc4ccc(F)cc4F)c(=O)c(OC)c(n32)C1=O. The van der Waals surface area contributed by atoms with Gasteiger partial charge in [0.2, 0.25) is 21.7 Å². The number of nitrogens with one attached hydrogen (secondary N) is 4. The van der Waals surface area contributed by atoms with Crippen LogP contribution in [0.1, 0.15) is 230 Å². The summed E-state index contributed by atoms with van der Waals surface area (Å²) in [5.41, 5.74) is 21.2. The van der Waals surface area contributed by atoms with Crippen LogP contribution < -0.4 is 75.4 Å². The van der Waals surface area contributed by atoms with Crippen molar-refractivity contribution in [3.63, 3.8) is 0 Å². The molecule has 8 aliphatic heterocycles. The first-order valence-corrected chi connectivity index (χ1v) is 38.9. The average molecular weight is 1700 g/mol. The minimum atomic E-state index is -1.00. The fourth-order valence-electron chi connectivity index (χ4n) is 17.2. The molecule has 0 saturated carbocycles. The standard InChI is InChI=1S/2C21H22F2N4O4.2C20H20F2N4O4/c2*1-3-26-9-12-7-14(24)16-15(18(28)19(31-2)17(21(26)30)27(12)16)20(29)25-8-10-4-5-11(22)6-13(10)23;2*1-2-25-8-11-6-13(23)15-14(17(27)18(28)16(20(25)30)26(11)15)19(29)24-7-9-3-4-10(21)5-12(9)22/h2*4-6,12,14H,3,7-9,24H2,1-2H3,(H,25,29);2*3-5,11,13,28H,2,6-8,23H2,1H3,(H,24,29)/t12-,14+;12-,14-;11-,13+;11-,13-/m0000/s1. The normalized spacial score (nSPS) is 19.6. The minimum absolute atomic E-state index is 0.0272. The van der Waals surface area contributed by atoms with E-state index < -0.39 is 139 Å². The van der Waals surface area contributed by atoms with E-state index in [-0.39, 0.29) is 164 Å². The number of aromatic hydroxyl groups is 2.